The first kappa shape index (κ1) is 16.2. The fourth-order valence-electron chi connectivity index (χ4n) is 2.73. The number of rotatable bonds is 7. The molecule has 0 fully saturated rings. The van der Waals surface area contributed by atoms with Gasteiger partial charge in [0, 0.05) is 0 Å². The predicted octanol–water partition coefficient (Wildman–Crippen LogP) is 4.38. The van der Waals surface area contributed by atoms with Crippen LogP contribution in [0.25, 0.3) is 0 Å². The standard InChI is InChI=1S/C16H26O2S/c1-5-13-16(7-3,8-4)19(17,18)15-11-9-14(6-2)10-12-15/h9-12H,5-8,13H2,1-4H3. The molecule has 108 valence electrons. The van der Waals surface area contributed by atoms with Crippen molar-refractivity contribution in [3.8, 4) is 0 Å². The smallest absolute Gasteiger partial charge is 0.184 e. The molecule has 2 nitrogen and oxygen atoms in total. The molecule has 0 aliphatic carbocycles. The Morgan fingerprint density at radius 2 is 1.47 bits per heavy atom. The van der Waals surface area contributed by atoms with Gasteiger partial charge in [-0.1, -0.05) is 46.2 Å². The maximum atomic E-state index is 12.9. The Morgan fingerprint density at radius 3 is 1.84 bits per heavy atom. The lowest BCUT2D eigenvalue weighted by Crippen LogP contribution is -2.37. The van der Waals surface area contributed by atoms with E-state index < -0.39 is 14.6 Å². The van der Waals surface area contributed by atoms with Crippen molar-refractivity contribution in [2.24, 2.45) is 0 Å². The molecule has 0 spiro atoms. The number of hydrogen-bond acceptors (Lipinski definition) is 2. The largest absolute Gasteiger partial charge is 0.223 e. The lowest BCUT2D eigenvalue weighted by atomic mass is 9.97. The van der Waals surface area contributed by atoms with E-state index in [1.165, 1.54) is 5.56 Å². The number of benzene rings is 1. The molecule has 0 unspecified atom stereocenters. The fourth-order valence-corrected chi connectivity index (χ4v) is 4.96. The van der Waals surface area contributed by atoms with Crippen molar-refractivity contribution in [3.05, 3.63) is 29.8 Å². The quantitative estimate of drug-likeness (QED) is 0.743. The SMILES string of the molecule is CCCC(CC)(CC)S(=O)(=O)c1ccc(CC)cc1. The van der Waals surface area contributed by atoms with Crippen LogP contribution in [-0.4, -0.2) is 13.2 Å². The molecule has 0 heterocycles. The van der Waals surface area contributed by atoms with Crippen LogP contribution in [0, 0.1) is 0 Å². The molecule has 0 amide bonds. The maximum absolute atomic E-state index is 12.9. The van der Waals surface area contributed by atoms with Crippen molar-refractivity contribution in [1.82, 2.24) is 0 Å². The highest BCUT2D eigenvalue weighted by Crippen LogP contribution is 2.36. The molecule has 1 aromatic rings. The molecule has 1 rings (SSSR count). The van der Waals surface area contributed by atoms with Crippen molar-refractivity contribution >= 4 is 9.84 Å². The van der Waals surface area contributed by atoms with E-state index in [4.69, 9.17) is 0 Å². The normalized spacial score (nSPS) is 12.6. The van der Waals surface area contributed by atoms with E-state index in [1.54, 1.807) is 12.1 Å². The first-order chi connectivity index (χ1) is 8.97. The summed E-state index contributed by atoms with van der Waals surface area (Å²) < 4.78 is 25.2. The molecule has 0 bridgehead atoms. The van der Waals surface area contributed by atoms with Gasteiger partial charge in [0.2, 0.25) is 0 Å². The van der Waals surface area contributed by atoms with Gasteiger partial charge in [0.15, 0.2) is 9.84 Å². The van der Waals surface area contributed by atoms with Crippen molar-refractivity contribution in [2.45, 2.75) is 69.4 Å². The van der Waals surface area contributed by atoms with Crippen LogP contribution in [0.4, 0.5) is 0 Å². The minimum Gasteiger partial charge on any atom is -0.223 e. The zero-order valence-corrected chi connectivity index (χ0v) is 13.4. The van der Waals surface area contributed by atoms with E-state index in [-0.39, 0.29) is 0 Å². The zero-order chi connectivity index (χ0) is 14.5. The van der Waals surface area contributed by atoms with Crippen molar-refractivity contribution in [3.63, 3.8) is 0 Å². The predicted molar refractivity (Wildman–Crippen MR) is 81.2 cm³/mol. The summed E-state index contributed by atoms with van der Waals surface area (Å²) in [5.41, 5.74) is 1.17. The highest BCUT2D eigenvalue weighted by molar-refractivity contribution is 7.92. The van der Waals surface area contributed by atoms with Gasteiger partial charge in [0.25, 0.3) is 0 Å². The highest BCUT2D eigenvalue weighted by atomic mass is 32.2. The second kappa shape index (κ2) is 6.56. The monoisotopic (exact) mass is 282 g/mol. The summed E-state index contributed by atoms with van der Waals surface area (Å²) >= 11 is 0. The molecule has 0 radical (unpaired) electrons. The lowest BCUT2D eigenvalue weighted by molar-refractivity contribution is 0.449. The van der Waals surface area contributed by atoms with Crippen LogP contribution in [0.5, 0.6) is 0 Å². The Bertz CT molecular complexity index is 482. The summed E-state index contributed by atoms with van der Waals surface area (Å²) in [4.78, 5) is 0.474. The molecule has 0 saturated carbocycles. The van der Waals surface area contributed by atoms with Gasteiger partial charge in [-0.2, -0.15) is 0 Å². The Morgan fingerprint density at radius 1 is 0.947 bits per heavy atom. The third kappa shape index (κ3) is 3.02. The summed E-state index contributed by atoms with van der Waals surface area (Å²) in [5.74, 6) is 0. The molecule has 3 heteroatoms. The van der Waals surface area contributed by atoms with Crippen LogP contribution >= 0.6 is 0 Å². The van der Waals surface area contributed by atoms with Crippen LogP contribution < -0.4 is 0 Å². The van der Waals surface area contributed by atoms with Crippen LogP contribution in [0.3, 0.4) is 0 Å². The summed E-state index contributed by atoms with van der Waals surface area (Å²) in [7, 11) is -3.25. The first-order valence-corrected chi connectivity index (χ1v) is 8.79. The van der Waals surface area contributed by atoms with Crippen molar-refractivity contribution in [2.75, 3.05) is 0 Å². The van der Waals surface area contributed by atoms with Crippen LogP contribution in [0.1, 0.15) is 58.9 Å². The molecule has 0 N–H and O–H groups in total. The van der Waals surface area contributed by atoms with Crippen molar-refractivity contribution in [1.29, 1.82) is 0 Å². The van der Waals surface area contributed by atoms with Crippen molar-refractivity contribution < 1.29 is 8.42 Å². The van der Waals surface area contributed by atoms with Gasteiger partial charge in [-0.05, 0) is 43.4 Å². The summed E-state index contributed by atoms with van der Waals surface area (Å²) in [6.07, 6.45) is 3.91. The van der Waals surface area contributed by atoms with Crippen LogP contribution in [0.2, 0.25) is 0 Å². The van der Waals surface area contributed by atoms with Crippen LogP contribution in [0.15, 0.2) is 29.2 Å². The molecule has 0 saturated heterocycles. The number of sulfone groups is 1. The minimum absolute atomic E-state index is 0.474. The fraction of sp³-hybridized carbons (Fsp3) is 0.625. The minimum atomic E-state index is -3.25. The van der Waals surface area contributed by atoms with Gasteiger partial charge in [0.1, 0.15) is 0 Å². The molecule has 0 aliphatic heterocycles. The molecule has 0 aromatic heterocycles. The van der Waals surface area contributed by atoms with Gasteiger partial charge in [0.05, 0.1) is 9.64 Å². The van der Waals surface area contributed by atoms with E-state index in [1.807, 2.05) is 26.0 Å². The molecule has 19 heavy (non-hydrogen) atoms. The van der Waals surface area contributed by atoms with Gasteiger partial charge in [-0.25, -0.2) is 8.42 Å². The van der Waals surface area contributed by atoms with Gasteiger partial charge >= 0.3 is 0 Å². The summed E-state index contributed by atoms with van der Waals surface area (Å²) in [6, 6.07) is 7.39. The van der Waals surface area contributed by atoms with E-state index in [2.05, 4.69) is 13.8 Å². The molecule has 0 aliphatic rings. The molecular weight excluding hydrogens is 256 g/mol. The van der Waals surface area contributed by atoms with Gasteiger partial charge in [-0.15, -0.1) is 0 Å². The summed E-state index contributed by atoms with van der Waals surface area (Å²) in [5, 5.41) is 0. The van der Waals surface area contributed by atoms with Gasteiger partial charge in [-0.3, -0.25) is 0 Å². The average Bonchev–Trinajstić information content (AvgIpc) is 2.44. The average molecular weight is 282 g/mol. The first-order valence-electron chi connectivity index (χ1n) is 7.31. The number of aryl methyl sites for hydroxylation is 1. The Kier molecular flexibility index (Phi) is 5.60. The van der Waals surface area contributed by atoms with E-state index >= 15 is 0 Å². The van der Waals surface area contributed by atoms with Gasteiger partial charge < -0.3 is 0 Å². The Labute approximate surface area is 118 Å². The second-order valence-electron chi connectivity index (χ2n) is 5.14. The zero-order valence-electron chi connectivity index (χ0n) is 12.6. The Hall–Kier alpha value is -0.830. The molecule has 1 aromatic carbocycles. The van der Waals surface area contributed by atoms with E-state index in [0.717, 1.165) is 19.3 Å². The number of hydrogen-bond donors (Lipinski definition) is 0. The topological polar surface area (TPSA) is 34.1 Å². The van der Waals surface area contributed by atoms with E-state index in [9.17, 15) is 8.42 Å². The lowest BCUT2D eigenvalue weighted by Gasteiger charge is -2.31. The highest BCUT2D eigenvalue weighted by Gasteiger charge is 2.40. The summed E-state index contributed by atoms with van der Waals surface area (Å²) in [6.45, 7) is 8.09. The second-order valence-corrected chi connectivity index (χ2v) is 7.49. The van der Waals surface area contributed by atoms with Crippen LogP contribution in [-0.2, 0) is 16.3 Å². The van der Waals surface area contributed by atoms with E-state index in [0.29, 0.717) is 17.7 Å². The molecular formula is C16H26O2S. The Balaban J connectivity index is 3.26. The molecule has 0 atom stereocenters. The third-order valence-electron chi connectivity index (χ3n) is 4.21. The maximum Gasteiger partial charge on any atom is 0.184 e. The third-order valence-corrected chi connectivity index (χ3v) is 7.02.